The van der Waals surface area contributed by atoms with Crippen LogP contribution < -0.4 is 5.32 Å². The first kappa shape index (κ1) is 9.90. The molecule has 0 amide bonds. The third-order valence-corrected chi connectivity index (χ3v) is 2.83. The van der Waals surface area contributed by atoms with Crippen molar-refractivity contribution in [2.24, 2.45) is 5.92 Å². The van der Waals surface area contributed by atoms with E-state index in [4.69, 9.17) is 0 Å². The van der Waals surface area contributed by atoms with Crippen LogP contribution in [0.25, 0.3) is 0 Å². The average molecular weight is 203 g/mol. The fraction of sp³-hybridized carbons (Fsp3) is 0.333. The van der Waals surface area contributed by atoms with E-state index in [0.717, 1.165) is 5.57 Å². The Kier molecular flexibility index (Phi) is 2.31. The van der Waals surface area contributed by atoms with Crippen LogP contribution in [0, 0.1) is 5.92 Å². The Morgan fingerprint density at radius 3 is 2.87 bits per heavy atom. The van der Waals surface area contributed by atoms with Gasteiger partial charge in [0.1, 0.15) is 0 Å². The molecule has 15 heavy (non-hydrogen) atoms. The zero-order chi connectivity index (χ0) is 11.0. The van der Waals surface area contributed by atoms with Gasteiger partial charge >= 0.3 is 0 Å². The lowest BCUT2D eigenvalue weighted by molar-refractivity contribution is -0.119. The number of ketones is 2. The number of carbonyl (C=O) groups excluding carboxylic acids is 2. The van der Waals surface area contributed by atoms with Crippen LogP contribution in [-0.2, 0) is 9.59 Å². The van der Waals surface area contributed by atoms with E-state index in [0.29, 0.717) is 5.70 Å². The van der Waals surface area contributed by atoms with E-state index in [9.17, 15) is 9.59 Å². The second-order valence-electron chi connectivity index (χ2n) is 3.96. The van der Waals surface area contributed by atoms with Crippen molar-refractivity contribution in [3.8, 4) is 0 Å². The predicted octanol–water partition coefficient (Wildman–Crippen LogP) is 1.13. The van der Waals surface area contributed by atoms with E-state index in [-0.39, 0.29) is 23.5 Å². The Morgan fingerprint density at radius 2 is 2.20 bits per heavy atom. The quantitative estimate of drug-likeness (QED) is 0.695. The summed E-state index contributed by atoms with van der Waals surface area (Å²) in [6, 6.07) is -0.0496. The van der Waals surface area contributed by atoms with Gasteiger partial charge in [0, 0.05) is 13.0 Å². The highest BCUT2D eigenvalue weighted by Gasteiger charge is 2.32. The molecule has 1 heterocycles. The molecule has 3 heteroatoms. The Bertz CT molecular complexity index is 415. The van der Waals surface area contributed by atoms with Crippen LogP contribution in [0.15, 0.2) is 35.6 Å². The van der Waals surface area contributed by atoms with Gasteiger partial charge in [0.2, 0.25) is 0 Å². The monoisotopic (exact) mass is 203 g/mol. The van der Waals surface area contributed by atoms with E-state index in [1.54, 1.807) is 0 Å². The summed E-state index contributed by atoms with van der Waals surface area (Å²) >= 11 is 0. The fourth-order valence-corrected chi connectivity index (χ4v) is 1.94. The number of hydrogen-bond acceptors (Lipinski definition) is 3. The summed E-state index contributed by atoms with van der Waals surface area (Å²) in [6.45, 7) is 3.43. The third kappa shape index (κ3) is 1.65. The summed E-state index contributed by atoms with van der Waals surface area (Å²) in [6.07, 6.45) is 7.14. The fourth-order valence-electron chi connectivity index (χ4n) is 1.94. The van der Waals surface area contributed by atoms with Gasteiger partial charge in [-0.15, -0.1) is 0 Å². The molecular formula is C12H13NO2. The Balaban J connectivity index is 2.36. The minimum atomic E-state index is -0.155. The first-order valence-corrected chi connectivity index (χ1v) is 4.97. The summed E-state index contributed by atoms with van der Waals surface area (Å²) in [5.74, 6) is -0.241. The molecule has 0 aromatic heterocycles. The van der Waals surface area contributed by atoms with Crippen molar-refractivity contribution >= 4 is 11.6 Å². The zero-order valence-electron chi connectivity index (χ0n) is 8.78. The van der Waals surface area contributed by atoms with Crippen LogP contribution >= 0.6 is 0 Å². The molecule has 2 unspecified atom stereocenters. The van der Waals surface area contributed by atoms with Crippen molar-refractivity contribution in [3.05, 3.63) is 35.6 Å². The number of hydrogen-bond donors (Lipinski definition) is 1. The van der Waals surface area contributed by atoms with Crippen molar-refractivity contribution in [2.45, 2.75) is 19.9 Å². The SMILES string of the molecule is CC(=O)C1=CC(=O)C2C=CC=C(C)C2N1. The Labute approximate surface area is 88.5 Å². The summed E-state index contributed by atoms with van der Waals surface area (Å²) in [7, 11) is 0. The molecule has 78 valence electrons. The molecular weight excluding hydrogens is 190 g/mol. The Morgan fingerprint density at radius 1 is 1.47 bits per heavy atom. The summed E-state index contributed by atoms with van der Waals surface area (Å²) in [4.78, 5) is 22.9. The maximum atomic E-state index is 11.7. The molecule has 0 aromatic rings. The van der Waals surface area contributed by atoms with Crippen LogP contribution in [0.3, 0.4) is 0 Å². The van der Waals surface area contributed by atoms with Crippen molar-refractivity contribution in [2.75, 3.05) is 0 Å². The van der Waals surface area contributed by atoms with Gasteiger partial charge in [0.25, 0.3) is 0 Å². The van der Waals surface area contributed by atoms with Crippen molar-refractivity contribution < 1.29 is 9.59 Å². The normalized spacial score (nSPS) is 28.8. The van der Waals surface area contributed by atoms with Crippen LogP contribution in [0.4, 0.5) is 0 Å². The first-order chi connectivity index (χ1) is 7.09. The van der Waals surface area contributed by atoms with Gasteiger partial charge in [-0.25, -0.2) is 0 Å². The van der Waals surface area contributed by atoms with Gasteiger partial charge in [-0.05, 0) is 6.92 Å². The van der Waals surface area contributed by atoms with E-state index in [1.165, 1.54) is 13.0 Å². The number of fused-ring (bicyclic) bond motifs is 1. The van der Waals surface area contributed by atoms with Crippen molar-refractivity contribution in [1.82, 2.24) is 5.32 Å². The molecule has 2 rings (SSSR count). The van der Waals surface area contributed by atoms with Crippen LogP contribution in [0.2, 0.25) is 0 Å². The van der Waals surface area contributed by atoms with Gasteiger partial charge in [-0.2, -0.15) is 0 Å². The van der Waals surface area contributed by atoms with Crippen LogP contribution in [-0.4, -0.2) is 17.6 Å². The summed E-state index contributed by atoms with van der Waals surface area (Å²) in [5, 5.41) is 3.11. The third-order valence-electron chi connectivity index (χ3n) is 2.83. The highest BCUT2D eigenvalue weighted by atomic mass is 16.1. The van der Waals surface area contributed by atoms with Gasteiger partial charge < -0.3 is 5.32 Å². The second-order valence-corrected chi connectivity index (χ2v) is 3.96. The number of rotatable bonds is 1. The molecule has 0 fully saturated rings. The molecule has 0 bridgehead atoms. The molecule has 0 radical (unpaired) electrons. The molecule has 1 N–H and O–H groups in total. The average Bonchev–Trinajstić information content (AvgIpc) is 2.19. The minimum absolute atomic E-state index is 0.00708. The smallest absolute Gasteiger partial charge is 0.175 e. The van der Waals surface area contributed by atoms with Gasteiger partial charge in [0.05, 0.1) is 17.7 Å². The zero-order valence-corrected chi connectivity index (χ0v) is 8.78. The highest BCUT2D eigenvalue weighted by Crippen LogP contribution is 2.25. The number of nitrogens with one attached hydrogen (secondary N) is 1. The van der Waals surface area contributed by atoms with Gasteiger partial charge in [0.15, 0.2) is 11.6 Å². The largest absolute Gasteiger partial charge is 0.375 e. The van der Waals surface area contributed by atoms with Gasteiger partial charge in [-0.3, -0.25) is 9.59 Å². The number of Topliss-reactive ketones (excluding diaryl/α,β-unsaturated/α-hetero) is 1. The molecule has 2 atom stereocenters. The predicted molar refractivity (Wildman–Crippen MR) is 57.1 cm³/mol. The maximum absolute atomic E-state index is 11.7. The molecule has 3 nitrogen and oxygen atoms in total. The standard InChI is InChI=1S/C12H13NO2/c1-7-4-3-5-9-11(15)6-10(8(2)14)13-12(7)9/h3-6,9,12-13H,1-2H3. The van der Waals surface area contributed by atoms with E-state index >= 15 is 0 Å². The Hall–Kier alpha value is -1.64. The first-order valence-electron chi connectivity index (χ1n) is 4.97. The van der Waals surface area contributed by atoms with E-state index in [2.05, 4.69) is 5.32 Å². The topological polar surface area (TPSA) is 46.2 Å². The lowest BCUT2D eigenvalue weighted by atomic mass is 9.83. The number of allylic oxidation sites excluding steroid dienone is 4. The molecule has 0 saturated heterocycles. The van der Waals surface area contributed by atoms with E-state index in [1.807, 2.05) is 25.2 Å². The molecule has 1 aliphatic heterocycles. The van der Waals surface area contributed by atoms with Crippen molar-refractivity contribution in [1.29, 1.82) is 0 Å². The summed E-state index contributed by atoms with van der Waals surface area (Å²) in [5.41, 5.74) is 1.51. The molecule has 2 aliphatic rings. The lowest BCUT2D eigenvalue weighted by Crippen LogP contribution is -2.45. The molecule has 0 saturated carbocycles. The van der Waals surface area contributed by atoms with Gasteiger partial charge in [-0.1, -0.05) is 23.8 Å². The molecule has 0 aromatic carbocycles. The minimum Gasteiger partial charge on any atom is -0.375 e. The van der Waals surface area contributed by atoms with E-state index < -0.39 is 0 Å². The maximum Gasteiger partial charge on any atom is 0.175 e. The summed E-state index contributed by atoms with van der Waals surface area (Å²) < 4.78 is 0. The van der Waals surface area contributed by atoms with Crippen molar-refractivity contribution in [3.63, 3.8) is 0 Å². The molecule has 0 spiro atoms. The lowest BCUT2D eigenvalue weighted by Gasteiger charge is -2.32. The molecule has 1 aliphatic carbocycles. The second kappa shape index (κ2) is 3.50. The number of carbonyl (C=O) groups is 2. The highest BCUT2D eigenvalue weighted by molar-refractivity contribution is 6.04. The van der Waals surface area contributed by atoms with Crippen LogP contribution in [0.1, 0.15) is 13.8 Å². The van der Waals surface area contributed by atoms with Crippen LogP contribution in [0.5, 0.6) is 0 Å².